The number of carbonyl (C=O) groups excluding carboxylic acids is 1. The Kier molecular flexibility index (Phi) is 3.77. The van der Waals surface area contributed by atoms with E-state index >= 15 is 0 Å². The van der Waals surface area contributed by atoms with Crippen LogP contribution in [0.5, 0.6) is 0 Å². The molecule has 1 aromatic heterocycles. The van der Waals surface area contributed by atoms with Gasteiger partial charge in [-0.15, -0.1) is 0 Å². The zero-order valence-electron chi connectivity index (χ0n) is 13.5. The predicted octanol–water partition coefficient (Wildman–Crippen LogP) is 3.04. The number of nitrogens with zero attached hydrogens (tertiary/aromatic N) is 1. The number of hydrogen-bond donors (Lipinski definition) is 2. The lowest BCUT2D eigenvalue weighted by atomic mass is 10.1. The Morgan fingerprint density at radius 2 is 1.96 bits per heavy atom. The highest BCUT2D eigenvalue weighted by Gasteiger charge is 2.27. The molecule has 130 valence electrons. The van der Waals surface area contributed by atoms with Crippen LogP contribution in [0.1, 0.15) is 31.8 Å². The van der Waals surface area contributed by atoms with E-state index in [-0.39, 0.29) is 18.0 Å². The first-order valence-corrected chi connectivity index (χ1v) is 8.28. The van der Waals surface area contributed by atoms with Gasteiger partial charge in [0.2, 0.25) is 0 Å². The fourth-order valence-electron chi connectivity index (χ4n) is 3.29. The summed E-state index contributed by atoms with van der Waals surface area (Å²) >= 11 is 6.16. The number of nitrogens with one attached hydrogen (secondary N) is 1. The highest BCUT2D eigenvalue weighted by atomic mass is 35.5. The van der Waals surface area contributed by atoms with Crippen LogP contribution in [0.3, 0.4) is 0 Å². The van der Waals surface area contributed by atoms with Gasteiger partial charge in [-0.3, -0.25) is 9.59 Å². The number of benzene rings is 2. The Labute approximate surface area is 152 Å². The molecule has 2 N–H and O–H groups in total. The molecular weight excluding hydrogens is 356 g/mol. The molecule has 2 heterocycles. The molecule has 6 nitrogen and oxygen atoms in total. The highest BCUT2D eigenvalue weighted by molar-refractivity contribution is 6.31. The summed E-state index contributed by atoms with van der Waals surface area (Å²) in [6, 6.07) is 12.0. The molecule has 0 saturated heterocycles. The zero-order valence-corrected chi connectivity index (χ0v) is 14.2. The monoisotopic (exact) mass is 368 g/mol. The van der Waals surface area contributed by atoms with E-state index in [0.717, 1.165) is 5.56 Å². The standard InChI is InChI=1S/C19H13ClN2O4/c20-13-5-11-7-15(19(25)26)17(23)21-16(11)12(6-13)9-22-8-10-3-1-2-4-14(10)18(22)24/h1-7H,8-9H2,(H,21,23)(H,25,26). The highest BCUT2D eigenvalue weighted by Crippen LogP contribution is 2.28. The summed E-state index contributed by atoms with van der Waals surface area (Å²) in [6.45, 7) is 0.730. The normalized spacial score (nSPS) is 13.3. The van der Waals surface area contributed by atoms with Crippen molar-refractivity contribution in [2.75, 3.05) is 0 Å². The minimum atomic E-state index is -1.31. The van der Waals surface area contributed by atoms with Gasteiger partial charge in [0.05, 0.1) is 5.52 Å². The Morgan fingerprint density at radius 3 is 2.69 bits per heavy atom. The van der Waals surface area contributed by atoms with Crippen LogP contribution < -0.4 is 5.56 Å². The molecule has 0 fully saturated rings. The summed E-state index contributed by atoms with van der Waals surface area (Å²) in [5.74, 6) is -1.39. The number of rotatable bonds is 3. The number of carbonyl (C=O) groups is 2. The van der Waals surface area contributed by atoms with E-state index in [1.165, 1.54) is 6.07 Å². The van der Waals surface area contributed by atoms with Crippen LogP contribution in [-0.2, 0) is 13.1 Å². The van der Waals surface area contributed by atoms with Gasteiger partial charge >= 0.3 is 5.97 Å². The van der Waals surface area contributed by atoms with Crippen LogP contribution in [0.4, 0.5) is 0 Å². The largest absolute Gasteiger partial charge is 0.477 e. The minimum absolute atomic E-state index is 0.0850. The predicted molar refractivity (Wildman–Crippen MR) is 96.6 cm³/mol. The third-order valence-corrected chi connectivity index (χ3v) is 4.70. The van der Waals surface area contributed by atoms with E-state index in [1.807, 2.05) is 18.2 Å². The lowest BCUT2D eigenvalue weighted by Crippen LogP contribution is -2.24. The Morgan fingerprint density at radius 1 is 1.19 bits per heavy atom. The molecule has 3 aromatic rings. The van der Waals surface area contributed by atoms with Gasteiger partial charge in [-0.25, -0.2) is 4.79 Å². The van der Waals surface area contributed by atoms with E-state index in [9.17, 15) is 14.4 Å². The minimum Gasteiger partial charge on any atom is -0.477 e. The van der Waals surface area contributed by atoms with Crippen LogP contribution in [-0.4, -0.2) is 26.9 Å². The van der Waals surface area contributed by atoms with Gasteiger partial charge in [-0.1, -0.05) is 29.8 Å². The number of hydrogen-bond acceptors (Lipinski definition) is 3. The number of aromatic nitrogens is 1. The second-order valence-electron chi connectivity index (χ2n) is 6.16. The maximum atomic E-state index is 12.6. The topological polar surface area (TPSA) is 90.5 Å². The van der Waals surface area contributed by atoms with Gasteiger partial charge in [-0.2, -0.15) is 0 Å². The average Bonchev–Trinajstić information content (AvgIpc) is 2.91. The Bertz CT molecular complexity index is 1140. The molecule has 1 amide bonds. The molecule has 1 aliphatic heterocycles. The summed E-state index contributed by atoms with van der Waals surface area (Å²) in [4.78, 5) is 40.1. The lowest BCUT2D eigenvalue weighted by Gasteiger charge is -2.17. The van der Waals surface area contributed by atoms with Crippen LogP contribution in [0.25, 0.3) is 10.9 Å². The van der Waals surface area contributed by atoms with Crippen molar-refractivity contribution in [2.45, 2.75) is 13.1 Å². The zero-order chi connectivity index (χ0) is 18.4. The van der Waals surface area contributed by atoms with Crippen LogP contribution in [0, 0.1) is 0 Å². The van der Waals surface area contributed by atoms with E-state index in [2.05, 4.69) is 4.98 Å². The fourth-order valence-corrected chi connectivity index (χ4v) is 3.54. The summed E-state index contributed by atoms with van der Waals surface area (Å²) < 4.78 is 0. The van der Waals surface area contributed by atoms with Gasteiger partial charge < -0.3 is 15.0 Å². The van der Waals surface area contributed by atoms with Gasteiger partial charge in [0.1, 0.15) is 5.56 Å². The van der Waals surface area contributed by atoms with Crippen LogP contribution in [0.15, 0.2) is 47.3 Å². The van der Waals surface area contributed by atoms with Gasteiger partial charge in [-0.05, 0) is 35.4 Å². The quantitative estimate of drug-likeness (QED) is 0.743. The SMILES string of the molecule is O=C(O)c1cc2cc(Cl)cc(CN3Cc4ccccc4C3=O)c2[nH]c1=O. The number of aromatic amines is 1. The van der Waals surface area contributed by atoms with Crippen molar-refractivity contribution >= 4 is 34.4 Å². The van der Waals surface area contributed by atoms with Crippen molar-refractivity contribution in [3.05, 3.63) is 80.1 Å². The van der Waals surface area contributed by atoms with Crippen molar-refractivity contribution in [3.8, 4) is 0 Å². The Hall–Kier alpha value is -3.12. The van der Waals surface area contributed by atoms with E-state index in [0.29, 0.717) is 33.6 Å². The lowest BCUT2D eigenvalue weighted by molar-refractivity contribution is 0.0694. The van der Waals surface area contributed by atoms with Crippen LogP contribution >= 0.6 is 11.6 Å². The molecule has 0 atom stereocenters. The van der Waals surface area contributed by atoms with Crippen molar-refractivity contribution in [2.24, 2.45) is 0 Å². The number of amides is 1. The number of carboxylic acids is 1. The molecule has 0 bridgehead atoms. The summed E-state index contributed by atoms with van der Waals surface area (Å²) in [5.41, 5.74) is 1.71. The number of aromatic carboxylic acids is 1. The first-order valence-electron chi connectivity index (χ1n) is 7.90. The number of halogens is 1. The first kappa shape index (κ1) is 16.4. The summed E-state index contributed by atoms with van der Waals surface area (Å²) in [7, 11) is 0. The second kappa shape index (κ2) is 6.00. The molecule has 0 spiro atoms. The van der Waals surface area contributed by atoms with Gasteiger partial charge in [0.15, 0.2) is 0 Å². The second-order valence-corrected chi connectivity index (χ2v) is 6.60. The maximum Gasteiger partial charge on any atom is 0.341 e. The third kappa shape index (κ3) is 2.64. The smallest absolute Gasteiger partial charge is 0.341 e. The molecule has 2 aromatic carbocycles. The van der Waals surface area contributed by atoms with Crippen molar-refractivity contribution in [1.29, 1.82) is 0 Å². The Balaban J connectivity index is 1.78. The maximum absolute atomic E-state index is 12.6. The molecule has 0 unspecified atom stereocenters. The van der Waals surface area contributed by atoms with Crippen molar-refractivity contribution in [1.82, 2.24) is 9.88 Å². The fraction of sp³-hybridized carbons (Fsp3) is 0.105. The molecule has 0 aliphatic carbocycles. The summed E-state index contributed by atoms with van der Waals surface area (Å²) in [6.07, 6.45) is 0. The summed E-state index contributed by atoms with van der Waals surface area (Å²) in [5, 5.41) is 10.0. The number of pyridine rings is 1. The first-order chi connectivity index (χ1) is 12.4. The molecular formula is C19H13ClN2O4. The van der Waals surface area contributed by atoms with E-state index in [1.54, 1.807) is 23.1 Å². The third-order valence-electron chi connectivity index (χ3n) is 4.49. The van der Waals surface area contributed by atoms with E-state index in [4.69, 9.17) is 16.7 Å². The van der Waals surface area contributed by atoms with Crippen LogP contribution in [0.2, 0.25) is 5.02 Å². The van der Waals surface area contributed by atoms with Crippen molar-refractivity contribution in [3.63, 3.8) is 0 Å². The molecule has 1 aliphatic rings. The van der Waals surface area contributed by atoms with E-state index < -0.39 is 11.5 Å². The molecule has 0 saturated carbocycles. The number of carboxylic acid groups (broad SMARTS) is 1. The molecule has 7 heteroatoms. The molecule has 0 radical (unpaired) electrons. The van der Waals surface area contributed by atoms with Gasteiger partial charge in [0.25, 0.3) is 11.5 Å². The average molecular weight is 369 g/mol. The molecule has 26 heavy (non-hydrogen) atoms. The van der Waals surface area contributed by atoms with Gasteiger partial charge in [0, 0.05) is 29.1 Å². The number of fused-ring (bicyclic) bond motifs is 2. The molecule has 4 rings (SSSR count). The van der Waals surface area contributed by atoms with Crippen molar-refractivity contribution < 1.29 is 14.7 Å². The number of H-pyrrole nitrogens is 1.